The molecule has 5 saturated heterocycles. The number of rotatable bonds is 22. The SMILES string of the molecule is C[C@@H]1O[C@H](O[C@H]2[C@H](O)[C@@H](O)[C@@H](O[C@H]3[C@H](O)[C@H](O)[C@@H](O[C@H]4[C@H](O)[C@@H](O)[C@@H](O[C@H]([C@H](O)[C@@H](O)C=O)[C@H](O)CO)O[C@H]4CO)O[C@H]3CO)O[C@H]2CO)[C@@H](O)[C@@H](O)[C@H]1N[C@H]1[C@H](O)[C@@H](O)[C@H](O[C@@H]2O[C@H](CO)[C@@H](O)[C@H](O)[C@H]2O)[C@H](CO)[C@H]1O. The Balaban J connectivity index is 1.06. The zero-order valence-corrected chi connectivity index (χ0v) is 41.3. The van der Waals surface area contributed by atoms with E-state index in [1.54, 1.807) is 0 Å². The molecule has 35 nitrogen and oxygen atoms in total. The number of carbonyl (C=O) groups is 1. The smallest absolute Gasteiger partial charge is 0.187 e. The molecule has 78 heavy (non-hydrogen) atoms. The van der Waals surface area contributed by atoms with Crippen molar-refractivity contribution in [1.82, 2.24) is 5.32 Å². The van der Waals surface area contributed by atoms with E-state index in [1.807, 2.05) is 0 Å². The maximum absolute atomic E-state index is 11.4. The number of aliphatic hydroxyl groups is 23. The number of hydrogen-bond donors (Lipinski definition) is 24. The molecule has 1 saturated carbocycles. The van der Waals surface area contributed by atoms with E-state index in [9.17, 15) is 122 Å². The van der Waals surface area contributed by atoms with Gasteiger partial charge in [-0.15, -0.1) is 0 Å². The summed E-state index contributed by atoms with van der Waals surface area (Å²) in [6.45, 7) is -4.69. The summed E-state index contributed by atoms with van der Waals surface area (Å²) in [4.78, 5) is 11.1. The predicted octanol–water partition coefficient (Wildman–Crippen LogP) is -16.2. The van der Waals surface area contributed by atoms with Crippen molar-refractivity contribution in [3.05, 3.63) is 0 Å². The van der Waals surface area contributed by atoms with E-state index in [1.165, 1.54) is 6.92 Å². The Bertz CT molecular complexity index is 1820. The van der Waals surface area contributed by atoms with Gasteiger partial charge in [0.2, 0.25) is 0 Å². The van der Waals surface area contributed by atoms with Crippen molar-refractivity contribution >= 4 is 6.29 Å². The number of nitrogens with one attached hydrogen (secondary N) is 1. The van der Waals surface area contributed by atoms with Crippen molar-refractivity contribution in [2.24, 2.45) is 5.92 Å². The van der Waals surface area contributed by atoms with Crippen LogP contribution in [0, 0.1) is 5.92 Å². The van der Waals surface area contributed by atoms with E-state index < -0.39 is 254 Å². The normalized spacial score (nSPS) is 50.1. The molecule has 5 heterocycles. The first kappa shape index (κ1) is 65.5. The van der Waals surface area contributed by atoms with Crippen LogP contribution >= 0.6 is 0 Å². The Hall–Kier alpha value is -1.69. The zero-order valence-electron chi connectivity index (χ0n) is 41.3. The summed E-state index contributed by atoms with van der Waals surface area (Å²) in [5.74, 6) is -1.49. The molecule has 1 aliphatic carbocycles. The molecule has 5 aliphatic heterocycles. The lowest BCUT2D eigenvalue weighted by Crippen LogP contribution is -2.73. The highest BCUT2D eigenvalue weighted by Gasteiger charge is 2.58. The molecule has 0 aromatic heterocycles. The largest absolute Gasteiger partial charge is 0.396 e. The second kappa shape index (κ2) is 28.3. The quantitative estimate of drug-likeness (QED) is 0.0448. The highest BCUT2D eigenvalue weighted by molar-refractivity contribution is 5.56. The molecule has 24 N–H and O–H groups in total. The van der Waals surface area contributed by atoms with Crippen LogP contribution in [0.25, 0.3) is 0 Å². The molecular formula is C43H75NO34. The average Bonchev–Trinajstić information content (AvgIpc) is 3.45. The molecule has 0 radical (unpaired) electrons. The third-order valence-electron chi connectivity index (χ3n) is 14.9. The first-order valence-corrected chi connectivity index (χ1v) is 24.8. The molecule has 35 atom stereocenters. The number of aliphatic hydroxyl groups excluding tert-OH is 23. The summed E-state index contributed by atoms with van der Waals surface area (Å²) in [6.07, 6.45) is -62.3. The molecular weight excluding hydrogens is 1070 g/mol. The van der Waals surface area contributed by atoms with Crippen LogP contribution in [0.1, 0.15) is 6.92 Å². The van der Waals surface area contributed by atoms with Gasteiger partial charge in [0.25, 0.3) is 0 Å². The Morgan fingerprint density at radius 2 is 0.795 bits per heavy atom. The summed E-state index contributed by atoms with van der Waals surface area (Å²) in [6, 6.07) is -3.07. The van der Waals surface area contributed by atoms with Gasteiger partial charge in [0.15, 0.2) is 37.7 Å². The highest BCUT2D eigenvalue weighted by Crippen LogP contribution is 2.37. The highest BCUT2D eigenvalue weighted by atomic mass is 16.8. The van der Waals surface area contributed by atoms with Gasteiger partial charge >= 0.3 is 0 Å². The zero-order chi connectivity index (χ0) is 57.9. The molecule has 6 fully saturated rings. The third-order valence-corrected chi connectivity index (χ3v) is 14.9. The van der Waals surface area contributed by atoms with Crippen LogP contribution in [0.3, 0.4) is 0 Å². The van der Waals surface area contributed by atoms with Gasteiger partial charge in [-0.3, -0.25) is 0 Å². The Morgan fingerprint density at radius 3 is 1.23 bits per heavy atom. The van der Waals surface area contributed by atoms with Crippen molar-refractivity contribution in [1.29, 1.82) is 0 Å². The average molecular weight is 1150 g/mol. The molecule has 6 aliphatic rings. The monoisotopic (exact) mass is 1150 g/mol. The van der Waals surface area contributed by atoms with Crippen molar-refractivity contribution in [3.63, 3.8) is 0 Å². The number of ether oxygens (including phenoxy) is 10. The van der Waals surface area contributed by atoms with E-state index >= 15 is 0 Å². The van der Waals surface area contributed by atoms with Gasteiger partial charge in [0.05, 0.1) is 70.0 Å². The topological polar surface area (TPSA) is 587 Å². The fourth-order valence-electron chi connectivity index (χ4n) is 10.2. The standard InChI is InChI=1S/C43H75NO34/c1-9-17(44-18-19(54)10(2-45)34(25(60)23(18)58)74-40-30(65)24(59)21(56)13(5-48)70-40)22(57)29(64)39(69-9)76-36-14(6-49)72-42(32(67)27(36)62)78-38-16(8-51)73-43(33(68)28(38)63)77-37-15(7-50)71-41(31(66)26(37)61)75-35(12(53)4-47)20(55)11(52)3-46/h3,9-45,47-68H,2,4-8H2,1H3/t9-,10+,11-,12+,13+,14-,15-,16-,17-,18+,19+,20+,21+,22-,23-,24-,25+,26+,27+,28+,29-,30+,31+,32+,33-,34+,35-,36+,37+,38+,39+,40-,41+,42+,43+/m0/s1. The Labute approximate surface area is 441 Å². The van der Waals surface area contributed by atoms with Gasteiger partial charge in [-0.25, -0.2) is 0 Å². The van der Waals surface area contributed by atoms with Crippen molar-refractivity contribution < 1.29 is 170 Å². The minimum Gasteiger partial charge on any atom is -0.396 e. The fourth-order valence-corrected chi connectivity index (χ4v) is 10.2. The van der Waals surface area contributed by atoms with Crippen LogP contribution in [-0.4, -0.2) is 372 Å². The fraction of sp³-hybridized carbons (Fsp3) is 0.977. The number of aldehydes is 1. The Morgan fingerprint density at radius 1 is 0.423 bits per heavy atom. The summed E-state index contributed by atoms with van der Waals surface area (Å²) in [5, 5.41) is 247. The third kappa shape index (κ3) is 13.5. The summed E-state index contributed by atoms with van der Waals surface area (Å²) < 4.78 is 55.7. The van der Waals surface area contributed by atoms with Crippen LogP contribution in [-0.2, 0) is 52.2 Å². The minimum absolute atomic E-state index is 0.128. The lowest BCUT2D eigenvalue weighted by molar-refractivity contribution is -0.389. The van der Waals surface area contributed by atoms with Gasteiger partial charge in [-0.05, 0) is 6.92 Å². The van der Waals surface area contributed by atoms with E-state index in [-0.39, 0.29) is 6.29 Å². The second-order valence-electron chi connectivity index (χ2n) is 19.9. The molecule has 0 bridgehead atoms. The lowest BCUT2D eigenvalue weighted by atomic mass is 9.76. The summed E-state index contributed by atoms with van der Waals surface area (Å²) >= 11 is 0. The van der Waals surface area contributed by atoms with Crippen LogP contribution in [0.5, 0.6) is 0 Å². The van der Waals surface area contributed by atoms with E-state index in [0.29, 0.717) is 0 Å². The summed E-state index contributed by atoms with van der Waals surface area (Å²) in [7, 11) is 0. The van der Waals surface area contributed by atoms with Crippen molar-refractivity contribution in [3.8, 4) is 0 Å². The van der Waals surface area contributed by atoms with Crippen LogP contribution < -0.4 is 5.32 Å². The second-order valence-corrected chi connectivity index (χ2v) is 19.9. The predicted molar refractivity (Wildman–Crippen MR) is 238 cm³/mol. The van der Waals surface area contributed by atoms with Crippen molar-refractivity contribution in [2.75, 3.05) is 39.6 Å². The maximum atomic E-state index is 11.4. The van der Waals surface area contributed by atoms with Gasteiger partial charge in [0, 0.05) is 5.92 Å². The minimum atomic E-state index is -2.21. The molecule has 456 valence electrons. The van der Waals surface area contributed by atoms with Gasteiger partial charge < -0.3 is 175 Å². The van der Waals surface area contributed by atoms with E-state index in [0.717, 1.165) is 0 Å². The first-order valence-electron chi connectivity index (χ1n) is 24.8. The molecule has 0 aromatic carbocycles. The number of carbonyl (C=O) groups excluding carboxylic acids is 1. The Kier molecular flexibility index (Phi) is 23.7. The van der Waals surface area contributed by atoms with Crippen LogP contribution in [0.15, 0.2) is 0 Å². The number of hydrogen-bond acceptors (Lipinski definition) is 35. The van der Waals surface area contributed by atoms with Gasteiger partial charge in [-0.2, -0.15) is 0 Å². The molecule has 0 unspecified atom stereocenters. The molecule has 6 rings (SSSR count). The summed E-state index contributed by atoms with van der Waals surface area (Å²) in [5.41, 5.74) is 0. The molecule has 35 heteroatoms. The van der Waals surface area contributed by atoms with E-state index in [2.05, 4.69) is 5.32 Å². The van der Waals surface area contributed by atoms with Gasteiger partial charge in [-0.1, -0.05) is 0 Å². The van der Waals surface area contributed by atoms with Crippen LogP contribution in [0.4, 0.5) is 0 Å². The van der Waals surface area contributed by atoms with E-state index in [4.69, 9.17) is 47.4 Å². The maximum Gasteiger partial charge on any atom is 0.187 e. The lowest BCUT2D eigenvalue weighted by Gasteiger charge is -2.51. The molecule has 0 spiro atoms. The van der Waals surface area contributed by atoms with Crippen molar-refractivity contribution in [2.45, 2.75) is 215 Å². The first-order chi connectivity index (χ1) is 36.8. The van der Waals surface area contributed by atoms with Gasteiger partial charge in [0.1, 0.15) is 146 Å². The van der Waals surface area contributed by atoms with Crippen LogP contribution in [0.2, 0.25) is 0 Å². The molecule has 0 amide bonds. The molecule has 0 aromatic rings.